The Labute approximate surface area is 87.2 Å². The van der Waals surface area contributed by atoms with Crippen molar-refractivity contribution < 1.29 is 14.3 Å². The molecular formula is C10H23NO3. The van der Waals surface area contributed by atoms with Crippen LogP contribution in [0.2, 0.25) is 0 Å². The van der Waals surface area contributed by atoms with Crippen molar-refractivity contribution in [3.63, 3.8) is 0 Å². The normalized spacial score (nSPS) is 9.29. The molecular weight excluding hydrogens is 182 g/mol. The SMILES string of the molecule is CC.CC(=O)OCCOCCN(C)C. The van der Waals surface area contributed by atoms with Crippen LogP contribution in [0.25, 0.3) is 0 Å². The van der Waals surface area contributed by atoms with Gasteiger partial charge in [0.2, 0.25) is 0 Å². The van der Waals surface area contributed by atoms with Gasteiger partial charge in [0.1, 0.15) is 6.61 Å². The van der Waals surface area contributed by atoms with E-state index < -0.39 is 0 Å². The smallest absolute Gasteiger partial charge is 0.302 e. The van der Waals surface area contributed by atoms with Crippen LogP contribution in [-0.2, 0) is 14.3 Å². The first-order valence-corrected chi connectivity index (χ1v) is 4.98. The topological polar surface area (TPSA) is 38.8 Å². The summed E-state index contributed by atoms with van der Waals surface area (Å²) in [6.07, 6.45) is 0. The van der Waals surface area contributed by atoms with E-state index in [0.29, 0.717) is 19.8 Å². The minimum absolute atomic E-state index is 0.258. The molecule has 0 spiro atoms. The van der Waals surface area contributed by atoms with Crippen LogP contribution in [0.1, 0.15) is 20.8 Å². The second-order valence-electron chi connectivity index (χ2n) is 2.76. The molecule has 0 aromatic rings. The standard InChI is InChI=1S/C8H17NO3.C2H6/c1-8(10)12-7-6-11-5-4-9(2)3;1-2/h4-7H2,1-3H3;1-2H3. The molecule has 0 atom stereocenters. The second-order valence-corrected chi connectivity index (χ2v) is 2.76. The quantitative estimate of drug-likeness (QED) is 0.482. The molecule has 0 saturated carbocycles. The van der Waals surface area contributed by atoms with Crippen molar-refractivity contribution >= 4 is 5.97 Å². The van der Waals surface area contributed by atoms with Crippen LogP contribution in [0.15, 0.2) is 0 Å². The highest BCUT2D eigenvalue weighted by Gasteiger charge is 1.93. The van der Waals surface area contributed by atoms with Gasteiger partial charge in [0.15, 0.2) is 0 Å². The Hall–Kier alpha value is -0.610. The zero-order valence-corrected chi connectivity index (χ0v) is 10.0. The molecule has 0 aliphatic heterocycles. The van der Waals surface area contributed by atoms with Gasteiger partial charge < -0.3 is 14.4 Å². The van der Waals surface area contributed by atoms with Gasteiger partial charge in [-0.1, -0.05) is 13.8 Å². The lowest BCUT2D eigenvalue weighted by Gasteiger charge is -2.09. The van der Waals surface area contributed by atoms with Crippen molar-refractivity contribution in [1.82, 2.24) is 4.90 Å². The van der Waals surface area contributed by atoms with E-state index in [9.17, 15) is 4.79 Å². The van der Waals surface area contributed by atoms with Crippen molar-refractivity contribution in [3.8, 4) is 0 Å². The summed E-state index contributed by atoms with van der Waals surface area (Å²) in [5.41, 5.74) is 0. The van der Waals surface area contributed by atoms with E-state index in [-0.39, 0.29) is 5.97 Å². The molecule has 14 heavy (non-hydrogen) atoms. The minimum Gasteiger partial charge on any atom is -0.463 e. The molecule has 0 aromatic carbocycles. The fraction of sp³-hybridized carbons (Fsp3) is 0.900. The van der Waals surface area contributed by atoms with Gasteiger partial charge in [-0.15, -0.1) is 0 Å². The number of nitrogens with zero attached hydrogens (tertiary/aromatic N) is 1. The molecule has 0 radical (unpaired) electrons. The van der Waals surface area contributed by atoms with Crippen LogP contribution in [0.3, 0.4) is 0 Å². The monoisotopic (exact) mass is 205 g/mol. The Morgan fingerprint density at radius 2 is 1.71 bits per heavy atom. The van der Waals surface area contributed by atoms with Crippen molar-refractivity contribution in [3.05, 3.63) is 0 Å². The van der Waals surface area contributed by atoms with Gasteiger partial charge in [-0.25, -0.2) is 0 Å². The zero-order valence-electron chi connectivity index (χ0n) is 10.0. The Balaban J connectivity index is 0. The zero-order chi connectivity index (χ0) is 11.4. The van der Waals surface area contributed by atoms with Crippen LogP contribution in [-0.4, -0.2) is 51.3 Å². The summed E-state index contributed by atoms with van der Waals surface area (Å²) in [6, 6.07) is 0. The fourth-order valence-electron chi connectivity index (χ4n) is 0.594. The lowest BCUT2D eigenvalue weighted by atomic mass is 10.6. The summed E-state index contributed by atoms with van der Waals surface area (Å²) >= 11 is 0. The number of ether oxygens (including phenoxy) is 2. The molecule has 0 fully saturated rings. The molecule has 0 heterocycles. The van der Waals surface area contributed by atoms with Crippen LogP contribution in [0.4, 0.5) is 0 Å². The third-order valence-electron chi connectivity index (χ3n) is 1.22. The Morgan fingerprint density at radius 3 is 2.14 bits per heavy atom. The molecule has 0 saturated heterocycles. The molecule has 0 aromatic heterocycles. The first-order valence-electron chi connectivity index (χ1n) is 4.98. The average molecular weight is 205 g/mol. The number of esters is 1. The van der Waals surface area contributed by atoms with E-state index >= 15 is 0 Å². The maximum Gasteiger partial charge on any atom is 0.302 e. The van der Waals surface area contributed by atoms with Crippen molar-refractivity contribution in [2.75, 3.05) is 40.5 Å². The third-order valence-corrected chi connectivity index (χ3v) is 1.22. The van der Waals surface area contributed by atoms with E-state index in [4.69, 9.17) is 4.74 Å². The Bertz CT molecular complexity index is 127. The van der Waals surface area contributed by atoms with E-state index in [2.05, 4.69) is 4.74 Å². The van der Waals surface area contributed by atoms with E-state index in [1.807, 2.05) is 32.8 Å². The van der Waals surface area contributed by atoms with Crippen molar-refractivity contribution in [1.29, 1.82) is 0 Å². The number of hydrogen-bond acceptors (Lipinski definition) is 4. The molecule has 0 amide bonds. The predicted molar refractivity (Wildman–Crippen MR) is 57.4 cm³/mol. The van der Waals surface area contributed by atoms with Gasteiger partial charge in [0, 0.05) is 13.5 Å². The molecule has 86 valence electrons. The Morgan fingerprint density at radius 1 is 1.14 bits per heavy atom. The molecule has 4 heteroatoms. The van der Waals surface area contributed by atoms with Gasteiger partial charge in [-0.3, -0.25) is 4.79 Å². The predicted octanol–water partition coefficient (Wildman–Crippen LogP) is 1.15. The largest absolute Gasteiger partial charge is 0.463 e. The molecule has 0 aliphatic carbocycles. The van der Waals surface area contributed by atoms with Gasteiger partial charge in [0.05, 0.1) is 13.2 Å². The average Bonchev–Trinajstić information content (AvgIpc) is 2.13. The van der Waals surface area contributed by atoms with Crippen LogP contribution >= 0.6 is 0 Å². The lowest BCUT2D eigenvalue weighted by Crippen LogP contribution is -2.19. The van der Waals surface area contributed by atoms with Crippen LogP contribution in [0.5, 0.6) is 0 Å². The first kappa shape index (κ1) is 15.8. The van der Waals surface area contributed by atoms with Crippen LogP contribution in [0, 0.1) is 0 Å². The molecule has 0 aliphatic rings. The molecule has 0 rings (SSSR count). The van der Waals surface area contributed by atoms with E-state index in [1.54, 1.807) is 0 Å². The van der Waals surface area contributed by atoms with E-state index in [1.165, 1.54) is 6.92 Å². The number of likely N-dealkylation sites (N-methyl/N-ethyl adjacent to an activating group) is 1. The highest BCUT2D eigenvalue weighted by molar-refractivity contribution is 5.65. The third kappa shape index (κ3) is 17.5. The van der Waals surface area contributed by atoms with Crippen molar-refractivity contribution in [2.24, 2.45) is 0 Å². The van der Waals surface area contributed by atoms with Gasteiger partial charge in [-0.2, -0.15) is 0 Å². The molecule has 4 nitrogen and oxygen atoms in total. The van der Waals surface area contributed by atoms with Crippen LogP contribution < -0.4 is 0 Å². The Kier molecular flexibility index (Phi) is 14.0. The van der Waals surface area contributed by atoms with E-state index in [0.717, 1.165) is 6.54 Å². The lowest BCUT2D eigenvalue weighted by molar-refractivity contribution is -0.142. The van der Waals surface area contributed by atoms with Gasteiger partial charge >= 0.3 is 5.97 Å². The highest BCUT2D eigenvalue weighted by atomic mass is 16.6. The number of carbonyl (C=O) groups is 1. The maximum atomic E-state index is 10.3. The number of carbonyl (C=O) groups excluding carboxylic acids is 1. The first-order chi connectivity index (χ1) is 6.63. The fourth-order valence-corrected chi connectivity index (χ4v) is 0.594. The summed E-state index contributed by atoms with van der Waals surface area (Å²) in [6.45, 7) is 7.78. The molecule has 0 unspecified atom stereocenters. The summed E-state index contributed by atoms with van der Waals surface area (Å²) in [5, 5.41) is 0. The molecule has 0 N–H and O–H groups in total. The summed E-state index contributed by atoms with van der Waals surface area (Å²) in [7, 11) is 3.96. The molecule has 0 bridgehead atoms. The summed E-state index contributed by atoms with van der Waals surface area (Å²) in [4.78, 5) is 12.3. The summed E-state index contributed by atoms with van der Waals surface area (Å²) in [5.74, 6) is -0.258. The number of rotatable bonds is 6. The highest BCUT2D eigenvalue weighted by Crippen LogP contribution is 1.81. The second kappa shape index (κ2) is 12.4. The maximum absolute atomic E-state index is 10.3. The van der Waals surface area contributed by atoms with Gasteiger partial charge in [0.25, 0.3) is 0 Å². The van der Waals surface area contributed by atoms with Crippen molar-refractivity contribution in [2.45, 2.75) is 20.8 Å². The number of hydrogen-bond donors (Lipinski definition) is 0. The summed E-state index contributed by atoms with van der Waals surface area (Å²) < 4.78 is 9.85. The van der Waals surface area contributed by atoms with Gasteiger partial charge in [-0.05, 0) is 14.1 Å². The minimum atomic E-state index is -0.258.